The fourth-order valence-electron chi connectivity index (χ4n) is 2.25. The average molecular weight is 356 g/mol. The lowest BCUT2D eigenvalue weighted by atomic mass is 10.2. The number of nitrogens with one attached hydrogen (secondary N) is 1. The summed E-state index contributed by atoms with van der Waals surface area (Å²) in [4.78, 5) is -0.134. The number of nitrogens with zero attached hydrogens (tertiary/aromatic N) is 3. The third kappa shape index (κ3) is 3.73. The number of aromatic nitrogens is 3. The summed E-state index contributed by atoms with van der Waals surface area (Å²) >= 11 is 0. The van der Waals surface area contributed by atoms with E-state index in [2.05, 4.69) is 14.9 Å². The van der Waals surface area contributed by atoms with E-state index in [1.165, 1.54) is 12.1 Å². The molecule has 132 valence electrons. The van der Waals surface area contributed by atoms with E-state index < -0.39 is 21.9 Å². The highest BCUT2D eigenvalue weighted by Gasteiger charge is 2.24. The van der Waals surface area contributed by atoms with Crippen molar-refractivity contribution in [1.29, 1.82) is 0 Å². The molecule has 1 aromatic carbocycles. The SMILES string of the molecule is CCOc1nnc([C@@H](C)NS(=O)(=O)c2ccc(C)c(F)c2)n1CC. The second-order valence-corrected chi connectivity index (χ2v) is 6.99. The zero-order chi connectivity index (χ0) is 17.9. The van der Waals surface area contributed by atoms with Gasteiger partial charge in [0.1, 0.15) is 5.82 Å². The molecule has 0 bridgehead atoms. The fraction of sp³-hybridized carbons (Fsp3) is 0.467. The molecule has 2 aromatic rings. The molecule has 0 aliphatic rings. The van der Waals surface area contributed by atoms with Crippen LogP contribution in [0.2, 0.25) is 0 Å². The standard InChI is InChI=1S/C15H21FN4O3S/c1-5-20-14(17-18-15(20)23-6-2)11(4)19-24(21,22)12-8-7-10(3)13(16)9-12/h7-9,11,19H,5-6H2,1-4H3/t11-/m1/s1. The lowest BCUT2D eigenvalue weighted by Crippen LogP contribution is -2.29. The van der Waals surface area contributed by atoms with Gasteiger partial charge in [0.2, 0.25) is 10.0 Å². The third-order valence-corrected chi connectivity index (χ3v) is 5.05. The summed E-state index contributed by atoms with van der Waals surface area (Å²) in [5.74, 6) is -0.141. The summed E-state index contributed by atoms with van der Waals surface area (Å²) in [7, 11) is -3.89. The molecule has 0 fully saturated rings. The number of ether oxygens (including phenoxy) is 1. The summed E-state index contributed by atoms with van der Waals surface area (Å²) in [5, 5.41) is 7.92. The predicted molar refractivity (Wildman–Crippen MR) is 86.7 cm³/mol. The Bertz CT molecular complexity index is 820. The monoisotopic (exact) mass is 356 g/mol. The molecule has 0 aliphatic heterocycles. The summed E-state index contributed by atoms with van der Waals surface area (Å²) in [6, 6.07) is 3.48. The largest absolute Gasteiger partial charge is 0.464 e. The summed E-state index contributed by atoms with van der Waals surface area (Å²) < 4.78 is 48.1. The molecule has 0 spiro atoms. The van der Waals surface area contributed by atoms with Gasteiger partial charge in [-0.3, -0.25) is 4.57 Å². The Balaban J connectivity index is 2.28. The molecular weight excluding hydrogens is 335 g/mol. The van der Waals surface area contributed by atoms with Gasteiger partial charge in [-0.15, -0.1) is 5.10 Å². The van der Waals surface area contributed by atoms with Crippen molar-refractivity contribution in [3.63, 3.8) is 0 Å². The van der Waals surface area contributed by atoms with Gasteiger partial charge in [0.05, 0.1) is 17.5 Å². The highest BCUT2D eigenvalue weighted by atomic mass is 32.2. The minimum absolute atomic E-state index is 0.134. The van der Waals surface area contributed by atoms with Crippen LogP contribution >= 0.6 is 0 Å². The number of hydrogen-bond acceptors (Lipinski definition) is 5. The highest BCUT2D eigenvalue weighted by Crippen LogP contribution is 2.20. The van der Waals surface area contributed by atoms with Gasteiger partial charge in [-0.2, -0.15) is 0 Å². The van der Waals surface area contributed by atoms with E-state index in [-0.39, 0.29) is 4.90 Å². The maximum Gasteiger partial charge on any atom is 0.316 e. The molecule has 1 N–H and O–H groups in total. The van der Waals surface area contributed by atoms with Crippen molar-refractivity contribution in [2.24, 2.45) is 0 Å². The second-order valence-electron chi connectivity index (χ2n) is 5.27. The molecule has 1 heterocycles. The van der Waals surface area contributed by atoms with E-state index in [1.54, 1.807) is 18.4 Å². The Morgan fingerprint density at radius 3 is 2.62 bits per heavy atom. The first-order chi connectivity index (χ1) is 11.3. The van der Waals surface area contributed by atoms with Crippen LogP contribution in [0.4, 0.5) is 4.39 Å². The van der Waals surface area contributed by atoms with Crippen LogP contribution in [0.1, 0.15) is 38.2 Å². The van der Waals surface area contributed by atoms with Gasteiger partial charge in [0, 0.05) is 6.54 Å². The Morgan fingerprint density at radius 2 is 2.04 bits per heavy atom. The van der Waals surface area contributed by atoms with Gasteiger partial charge in [-0.05, 0) is 45.4 Å². The van der Waals surface area contributed by atoms with Crippen molar-refractivity contribution in [3.8, 4) is 6.01 Å². The van der Waals surface area contributed by atoms with Crippen LogP contribution in [-0.2, 0) is 16.6 Å². The van der Waals surface area contributed by atoms with E-state index in [1.807, 2.05) is 13.8 Å². The third-order valence-electron chi connectivity index (χ3n) is 3.51. The minimum Gasteiger partial charge on any atom is -0.464 e. The molecule has 1 atom stereocenters. The van der Waals surface area contributed by atoms with E-state index in [0.717, 1.165) is 6.07 Å². The summed E-state index contributed by atoms with van der Waals surface area (Å²) in [6.45, 7) is 7.89. The van der Waals surface area contributed by atoms with Gasteiger partial charge in [-0.1, -0.05) is 11.2 Å². The quantitative estimate of drug-likeness (QED) is 0.822. The molecule has 0 amide bonds. The Kier molecular flexibility index (Phi) is 5.55. The number of aryl methyl sites for hydroxylation is 1. The maximum absolute atomic E-state index is 13.6. The van der Waals surface area contributed by atoms with Crippen molar-refractivity contribution in [2.45, 2.75) is 45.2 Å². The number of rotatable bonds is 7. The molecule has 7 nitrogen and oxygen atoms in total. The minimum atomic E-state index is -3.89. The van der Waals surface area contributed by atoms with E-state index in [4.69, 9.17) is 4.74 Å². The smallest absolute Gasteiger partial charge is 0.316 e. The van der Waals surface area contributed by atoms with Crippen molar-refractivity contribution < 1.29 is 17.5 Å². The summed E-state index contributed by atoms with van der Waals surface area (Å²) in [6.07, 6.45) is 0. The predicted octanol–water partition coefficient (Wildman–Crippen LogP) is 2.18. The average Bonchev–Trinajstić information content (AvgIpc) is 2.92. The zero-order valence-electron chi connectivity index (χ0n) is 14.1. The van der Waals surface area contributed by atoms with Gasteiger partial charge in [0.15, 0.2) is 5.82 Å². The van der Waals surface area contributed by atoms with Gasteiger partial charge >= 0.3 is 6.01 Å². The Hall–Kier alpha value is -2.00. The number of benzene rings is 1. The lowest BCUT2D eigenvalue weighted by molar-refractivity contribution is 0.294. The number of halogens is 1. The first kappa shape index (κ1) is 18.3. The van der Waals surface area contributed by atoms with Crippen molar-refractivity contribution in [1.82, 2.24) is 19.5 Å². The first-order valence-corrected chi connectivity index (χ1v) is 9.12. The van der Waals surface area contributed by atoms with Gasteiger partial charge in [-0.25, -0.2) is 17.5 Å². The molecule has 0 saturated heterocycles. The lowest BCUT2D eigenvalue weighted by Gasteiger charge is -2.15. The Labute approximate surface area is 140 Å². The van der Waals surface area contributed by atoms with Crippen molar-refractivity contribution in [2.75, 3.05) is 6.61 Å². The molecule has 1 aromatic heterocycles. The summed E-state index contributed by atoms with van der Waals surface area (Å²) in [5.41, 5.74) is 0.383. The van der Waals surface area contributed by atoms with Crippen LogP contribution in [0, 0.1) is 12.7 Å². The highest BCUT2D eigenvalue weighted by molar-refractivity contribution is 7.89. The van der Waals surface area contributed by atoms with Crippen LogP contribution in [0.5, 0.6) is 6.01 Å². The number of hydrogen-bond donors (Lipinski definition) is 1. The maximum atomic E-state index is 13.6. The van der Waals surface area contributed by atoms with E-state index in [0.29, 0.717) is 30.5 Å². The first-order valence-electron chi connectivity index (χ1n) is 7.64. The normalized spacial score (nSPS) is 13.0. The topological polar surface area (TPSA) is 86.1 Å². The molecule has 9 heteroatoms. The van der Waals surface area contributed by atoms with Crippen molar-refractivity contribution in [3.05, 3.63) is 35.4 Å². The fourth-order valence-corrected chi connectivity index (χ4v) is 3.46. The van der Waals surface area contributed by atoms with Crippen LogP contribution < -0.4 is 9.46 Å². The molecule has 0 radical (unpaired) electrons. The van der Waals surface area contributed by atoms with Gasteiger partial charge in [0.25, 0.3) is 0 Å². The molecular formula is C15H21FN4O3S. The van der Waals surface area contributed by atoms with Crippen LogP contribution in [0.15, 0.2) is 23.1 Å². The van der Waals surface area contributed by atoms with Gasteiger partial charge < -0.3 is 4.74 Å². The van der Waals surface area contributed by atoms with Crippen LogP contribution in [0.25, 0.3) is 0 Å². The van der Waals surface area contributed by atoms with E-state index >= 15 is 0 Å². The zero-order valence-corrected chi connectivity index (χ0v) is 14.9. The molecule has 2 rings (SSSR count). The second kappa shape index (κ2) is 7.27. The van der Waals surface area contributed by atoms with E-state index in [9.17, 15) is 12.8 Å². The molecule has 0 aliphatic carbocycles. The van der Waals surface area contributed by atoms with Crippen molar-refractivity contribution >= 4 is 10.0 Å². The molecule has 0 saturated carbocycles. The van der Waals surface area contributed by atoms with Crippen LogP contribution in [-0.4, -0.2) is 29.8 Å². The number of sulfonamides is 1. The Morgan fingerprint density at radius 1 is 1.33 bits per heavy atom. The molecule has 24 heavy (non-hydrogen) atoms. The molecule has 0 unspecified atom stereocenters. The van der Waals surface area contributed by atoms with Crippen LogP contribution in [0.3, 0.4) is 0 Å².